The fraction of sp³-hybridized carbons (Fsp3) is 0.727. The van der Waals surface area contributed by atoms with Gasteiger partial charge in [0.2, 0.25) is 0 Å². The molecular formula is C11H21N3O2. The molecule has 0 saturated carbocycles. The van der Waals surface area contributed by atoms with Gasteiger partial charge in [0.15, 0.2) is 0 Å². The smallest absolute Gasteiger partial charge is 0.290 e. The van der Waals surface area contributed by atoms with E-state index < -0.39 is 0 Å². The summed E-state index contributed by atoms with van der Waals surface area (Å²) in [5.41, 5.74) is 6.80. The molecule has 0 radical (unpaired) electrons. The molecule has 0 saturated heterocycles. The van der Waals surface area contributed by atoms with Gasteiger partial charge in [-0.3, -0.25) is 9.48 Å². The molecule has 0 amide bonds. The van der Waals surface area contributed by atoms with Crippen LogP contribution in [0.2, 0.25) is 0 Å². The van der Waals surface area contributed by atoms with Crippen molar-refractivity contribution in [3.8, 4) is 0 Å². The number of rotatable bonds is 5. The number of anilines is 1. The third kappa shape index (κ3) is 2.00. The van der Waals surface area contributed by atoms with Crippen molar-refractivity contribution < 1.29 is 4.74 Å². The zero-order valence-electron chi connectivity index (χ0n) is 10.5. The monoisotopic (exact) mass is 227 g/mol. The maximum absolute atomic E-state index is 12.0. The highest BCUT2D eigenvalue weighted by molar-refractivity contribution is 5.41. The van der Waals surface area contributed by atoms with Crippen LogP contribution in [-0.4, -0.2) is 16.5 Å². The van der Waals surface area contributed by atoms with Crippen LogP contribution in [0.3, 0.4) is 0 Å². The molecule has 1 atom stereocenters. The number of ether oxygens (including phenoxy) is 1. The number of methoxy groups -OCH3 is 1. The number of hydrogen-bond donors (Lipinski definition) is 1. The van der Waals surface area contributed by atoms with Crippen LogP contribution in [0.15, 0.2) is 4.79 Å². The Morgan fingerprint density at radius 2 is 2.06 bits per heavy atom. The molecule has 1 aromatic rings. The van der Waals surface area contributed by atoms with Crippen LogP contribution in [0.1, 0.15) is 38.9 Å². The van der Waals surface area contributed by atoms with Gasteiger partial charge in [-0.05, 0) is 20.3 Å². The minimum atomic E-state index is -0.108. The van der Waals surface area contributed by atoms with Gasteiger partial charge in [-0.2, -0.15) is 0 Å². The predicted octanol–water partition coefficient (Wildman–Crippen LogP) is 1.37. The predicted molar refractivity (Wildman–Crippen MR) is 64.5 cm³/mol. The first-order valence-corrected chi connectivity index (χ1v) is 5.66. The van der Waals surface area contributed by atoms with Gasteiger partial charge in [0.1, 0.15) is 5.69 Å². The van der Waals surface area contributed by atoms with Crippen LogP contribution in [0, 0.1) is 0 Å². The summed E-state index contributed by atoms with van der Waals surface area (Å²) in [6.45, 7) is 7.16. The topological polar surface area (TPSA) is 62.2 Å². The molecule has 16 heavy (non-hydrogen) atoms. The second kappa shape index (κ2) is 5.21. The van der Waals surface area contributed by atoms with Crippen LogP contribution in [-0.2, 0) is 17.9 Å². The van der Waals surface area contributed by atoms with Crippen molar-refractivity contribution in [3.05, 3.63) is 16.0 Å². The fourth-order valence-electron chi connectivity index (χ4n) is 1.87. The molecule has 1 rings (SSSR count). The molecule has 0 spiro atoms. The van der Waals surface area contributed by atoms with Gasteiger partial charge >= 0.3 is 0 Å². The average molecular weight is 227 g/mol. The van der Waals surface area contributed by atoms with Crippen LogP contribution in [0.4, 0.5) is 5.69 Å². The van der Waals surface area contributed by atoms with E-state index in [2.05, 4.69) is 6.92 Å². The Morgan fingerprint density at radius 3 is 2.50 bits per heavy atom. The molecule has 2 N–H and O–H groups in total. The van der Waals surface area contributed by atoms with E-state index in [1.807, 2.05) is 18.5 Å². The second-order valence-corrected chi connectivity index (χ2v) is 3.92. The van der Waals surface area contributed by atoms with Crippen LogP contribution < -0.4 is 11.3 Å². The Hall–Kier alpha value is -1.23. The maximum atomic E-state index is 12.0. The van der Waals surface area contributed by atoms with Crippen molar-refractivity contribution in [3.63, 3.8) is 0 Å². The molecule has 92 valence electrons. The normalized spacial score (nSPS) is 13.0. The molecule has 0 bridgehead atoms. The number of aromatic nitrogens is 2. The lowest BCUT2D eigenvalue weighted by atomic mass is 10.3. The number of hydrogen-bond acceptors (Lipinski definition) is 3. The summed E-state index contributed by atoms with van der Waals surface area (Å²) >= 11 is 0. The highest BCUT2D eigenvalue weighted by Crippen LogP contribution is 2.15. The van der Waals surface area contributed by atoms with Gasteiger partial charge in [-0.25, -0.2) is 4.68 Å². The van der Waals surface area contributed by atoms with Crippen molar-refractivity contribution in [2.45, 2.75) is 46.4 Å². The molecule has 5 heteroatoms. The number of nitrogen functional groups attached to an aromatic ring is 1. The first-order chi connectivity index (χ1) is 7.58. The third-order valence-electron chi connectivity index (χ3n) is 2.91. The summed E-state index contributed by atoms with van der Waals surface area (Å²) in [6, 6.07) is 0.153. The van der Waals surface area contributed by atoms with E-state index in [0.29, 0.717) is 12.3 Å². The summed E-state index contributed by atoms with van der Waals surface area (Å²) in [6.07, 6.45) is 0.899. The number of nitrogens with two attached hydrogens (primary N) is 1. The molecule has 0 aromatic carbocycles. The summed E-state index contributed by atoms with van der Waals surface area (Å²) in [4.78, 5) is 12.0. The van der Waals surface area contributed by atoms with E-state index >= 15 is 0 Å². The van der Waals surface area contributed by atoms with Gasteiger partial charge in [0.05, 0.1) is 18.3 Å². The first-order valence-electron chi connectivity index (χ1n) is 5.66. The van der Waals surface area contributed by atoms with E-state index in [1.54, 1.807) is 11.8 Å². The molecule has 1 unspecified atom stereocenters. The molecule has 1 aromatic heterocycles. The SMILES string of the molecule is CCC(C)n1c(=O)c(N)c(COC)n1CC. The first kappa shape index (κ1) is 12.8. The van der Waals surface area contributed by atoms with E-state index in [9.17, 15) is 4.79 Å². The molecule has 0 fully saturated rings. The molecule has 0 aliphatic heterocycles. The molecule has 5 nitrogen and oxygen atoms in total. The van der Waals surface area contributed by atoms with Crippen molar-refractivity contribution in [2.75, 3.05) is 12.8 Å². The minimum Gasteiger partial charge on any atom is -0.393 e. The van der Waals surface area contributed by atoms with Crippen LogP contribution >= 0.6 is 0 Å². The standard InChI is InChI=1S/C11H21N3O2/c1-5-8(3)14-11(15)10(12)9(7-16-4)13(14)6-2/h8H,5-7,12H2,1-4H3. The Kier molecular flexibility index (Phi) is 4.18. The fourth-order valence-corrected chi connectivity index (χ4v) is 1.87. The molecule has 0 aliphatic rings. The third-order valence-corrected chi connectivity index (χ3v) is 2.91. The van der Waals surface area contributed by atoms with Crippen molar-refractivity contribution in [1.29, 1.82) is 0 Å². The average Bonchev–Trinajstić information content (AvgIpc) is 2.53. The lowest BCUT2D eigenvalue weighted by molar-refractivity contribution is 0.174. The lowest BCUT2D eigenvalue weighted by Gasteiger charge is -2.17. The van der Waals surface area contributed by atoms with Crippen molar-refractivity contribution in [1.82, 2.24) is 9.36 Å². The summed E-state index contributed by atoms with van der Waals surface area (Å²) in [7, 11) is 1.60. The van der Waals surface area contributed by atoms with Crippen molar-refractivity contribution >= 4 is 5.69 Å². The van der Waals surface area contributed by atoms with Gasteiger partial charge in [0.25, 0.3) is 5.56 Å². The number of nitrogens with zero attached hydrogens (tertiary/aromatic N) is 2. The summed E-state index contributed by atoms with van der Waals surface area (Å²) < 4.78 is 8.72. The molecule has 0 aliphatic carbocycles. The van der Waals surface area contributed by atoms with Gasteiger partial charge in [0, 0.05) is 13.7 Å². The largest absolute Gasteiger partial charge is 0.393 e. The van der Waals surface area contributed by atoms with Crippen LogP contribution in [0.5, 0.6) is 0 Å². The Balaban J connectivity index is 3.37. The van der Waals surface area contributed by atoms with E-state index in [-0.39, 0.29) is 11.6 Å². The second-order valence-electron chi connectivity index (χ2n) is 3.92. The van der Waals surface area contributed by atoms with Gasteiger partial charge < -0.3 is 10.5 Å². The highest BCUT2D eigenvalue weighted by atomic mass is 16.5. The molecular weight excluding hydrogens is 206 g/mol. The highest BCUT2D eigenvalue weighted by Gasteiger charge is 2.19. The Bertz CT molecular complexity index is 406. The van der Waals surface area contributed by atoms with E-state index in [0.717, 1.165) is 18.7 Å². The van der Waals surface area contributed by atoms with Crippen molar-refractivity contribution in [2.24, 2.45) is 0 Å². The zero-order valence-corrected chi connectivity index (χ0v) is 10.5. The van der Waals surface area contributed by atoms with E-state index in [4.69, 9.17) is 10.5 Å². The lowest BCUT2D eigenvalue weighted by Crippen LogP contribution is -2.26. The van der Waals surface area contributed by atoms with E-state index in [1.165, 1.54) is 0 Å². The Labute approximate surface area is 95.8 Å². The maximum Gasteiger partial charge on any atom is 0.290 e. The van der Waals surface area contributed by atoms with Gasteiger partial charge in [-0.15, -0.1) is 0 Å². The van der Waals surface area contributed by atoms with Crippen LogP contribution in [0.25, 0.3) is 0 Å². The quantitative estimate of drug-likeness (QED) is 0.826. The minimum absolute atomic E-state index is 0.108. The summed E-state index contributed by atoms with van der Waals surface area (Å²) in [5, 5.41) is 0. The van der Waals surface area contributed by atoms with Gasteiger partial charge in [-0.1, -0.05) is 6.92 Å². The zero-order chi connectivity index (χ0) is 12.3. The molecule has 1 heterocycles. The summed E-state index contributed by atoms with van der Waals surface area (Å²) in [5.74, 6) is 0. The Morgan fingerprint density at radius 1 is 1.44 bits per heavy atom.